The van der Waals surface area contributed by atoms with Crippen LogP contribution in [0.15, 0.2) is 24.3 Å². The molecule has 12 heteroatoms. The molecule has 3 aliphatic heterocycles. The number of aliphatic hydroxyl groups is 2. The molecule has 6 heterocycles. The second kappa shape index (κ2) is 11.0. The summed E-state index contributed by atoms with van der Waals surface area (Å²) in [5.74, 6) is 1.03. The summed E-state index contributed by atoms with van der Waals surface area (Å²) in [5, 5.41) is 24.1. The van der Waals surface area contributed by atoms with Gasteiger partial charge in [0.15, 0.2) is 16.6 Å². The number of aromatic nitrogens is 3. The molecule has 11 nitrogen and oxygen atoms in total. The van der Waals surface area contributed by atoms with E-state index in [-0.39, 0.29) is 12.0 Å². The number of aliphatic hydroxyl groups excluding tert-OH is 2. The first-order chi connectivity index (χ1) is 18.5. The maximum atomic E-state index is 13.4. The Kier molecular flexibility index (Phi) is 7.28. The highest BCUT2D eigenvalue weighted by molar-refractivity contribution is 7.22. The molecule has 1 amide bonds. The topological polar surface area (TPSA) is 127 Å². The summed E-state index contributed by atoms with van der Waals surface area (Å²) in [5.41, 5.74) is 1.54. The number of β-amino-alcohol motifs (C(OH)–C–C–N with tert-alkyl or cyclic N) is 1. The van der Waals surface area contributed by atoms with Crippen LogP contribution < -0.4 is 20.0 Å². The molecule has 0 radical (unpaired) electrons. The molecule has 3 aromatic rings. The van der Waals surface area contributed by atoms with Gasteiger partial charge in [-0.15, -0.1) is 0 Å². The highest BCUT2D eigenvalue weighted by atomic mass is 32.1. The van der Waals surface area contributed by atoms with Crippen molar-refractivity contribution in [2.24, 2.45) is 0 Å². The maximum Gasteiger partial charge on any atom is 0.274 e. The van der Waals surface area contributed by atoms with Crippen molar-refractivity contribution < 1.29 is 19.7 Å². The Morgan fingerprint density at radius 2 is 1.76 bits per heavy atom. The summed E-state index contributed by atoms with van der Waals surface area (Å²) in [6.07, 6.45) is 2.26. The van der Waals surface area contributed by atoms with Gasteiger partial charge in [-0.05, 0) is 43.9 Å². The lowest BCUT2D eigenvalue weighted by atomic mass is 10.1. The van der Waals surface area contributed by atoms with E-state index in [0.717, 1.165) is 48.1 Å². The van der Waals surface area contributed by atoms with E-state index in [1.165, 1.54) is 0 Å². The van der Waals surface area contributed by atoms with Crippen LogP contribution in [0, 0.1) is 0 Å². The molecule has 1 atom stereocenters. The Balaban J connectivity index is 1.30. The van der Waals surface area contributed by atoms with Crippen LogP contribution in [0.25, 0.3) is 10.3 Å². The van der Waals surface area contributed by atoms with Crippen molar-refractivity contribution in [3.8, 4) is 0 Å². The van der Waals surface area contributed by atoms with Gasteiger partial charge >= 0.3 is 0 Å². The summed E-state index contributed by atoms with van der Waals surface area (Å²) in [6, 6.07) is 7.38. The number of hydrogen-bond acceptors (Lipinski definition) is 11. The van der Waals surface area contributed by atoms with E-state index >= 15 is 0 Å². The lowest BCUT2D eigenvalue weighted by molar-refractivity contribution is 0.102. The number of nitrogens with one attached hydrogen (secondary N) is 1. The summed E-state index contributed by atoms with van der Waals surface area (Å²) in [6.45, 7) is 5.52. The first kappa shape index (κ1) is 25.2. The fourth-order valence-electron chi connectivity index (χ4n) is 5.22. The minimum atomic E-state index is -0.439. The third kappa shape index (κ3) is 5.39. The van der Waals surface area contributed by atoms with E-state index in [0.29, 0.717) is 68.5 Å². The molecular formula is C26H33N7O4S. The number of fused-ring (bicyclic) bond motifs is 1. The number of hydrogen-bond donors (Lipinski definition) is 3. The number of thiazole rings is 1. The molecule has 6 rings (SSSR count). The molecular weight excluding hydrogens is 506 g/mol. The van der Waals surface area contributed by atoms with E-state index in [1.54, 1.807) is 17.4 Å². The Bertz CT molecular complexity index is 1290. The number of morpholine rings is 1. The van der Waals surface area contributed by atoms with E-state index in [9.17, 15) is 15.0 Å². The average molecular weight is 540 g/mol. The fraction of sp³-hybridized carbons (Fsp3) is 0.538. The highest BCUT2D eigenvalue weighted by Crippen LogP contribution is 2.35. The van der Waals surface area contributed by atoms with Crippen molar-refractivity contribution in [3.63, 3.8) is 0 Å². The molecule has 0 aromatic carbocycles. The van der Waals surface area contributed by atoms with Gasteiger partial charge in [0.1, 0.15) is 11.5 Å². The standard InChI is InChI=1S/C26H33N7O4S/c34-17-6-9-31(10-7-17)22-5-1-4-19(27-22)25(36)28-20-15-21-23(29-24(20)33-8-2-3-18(35)16-33)30-26(38-21)32-11-13-37-14-12-32/h1,4-5,15,17-18,34-35H,2-3,6-14,16H2,(H,28,36). The minimum absolute atomic E-state index is 0.276. The number of ether oxygens (including phenoxy) is 1. The van der Waals surface area contributed by atoms with Gasteiger partial charge in [-0.25, -0.2) is 9.97 Å². The number of nitrogens with zero attached hydrogens (tertiary/aromatic N) is 6. The predicted molar refractivity (Wildman–Crippen MR) is 148 cm³/mol. The predicted octanol–water partition coefficient (Wildman–Crippen LogP) is 2.10. The van der Waals surface area contributed by atoms with Crippen molar-refractivity contribution in [3.05, 3.63) is 30.0 Å². The third-order valence-corrected chi connectivity index (χ3v) is 8.39. The quantitative estimate of drug-likeness (QED) is 0.444. The van der Waals surface area contributed by atoms with Crippen LogP contribution in [0.5, 0.6) is 0 Å². The monoisotopic (exact) mass is 539 g/mol. The summed E-state index contributed by atoms with van der Waals surface area (Å²) < 4.78 is 6.37. The fourth-order valence-corrected chi connectivity index (χ4v) is 6.22. The van der Waals surface area contributed by atoms with Crippen LogP contribution in [0.4, 0.5) is 22.5 Å². The maximum absolute atomic E-state index is 13.4. The zero-order valence-corrected chi connectivity index (χ0v) is 22.1. The molecule has 0 bridgehead atoms. The van der Waals surface area contributed by atoms with Gasteiger partial charge in [-0.2, -0.15) is 4.98 Å². The minimum Gasteiger partial charge on any atom is -0.393 e. The number of piperidine rings is 2. The summed E-state index contributed by atoms with van der Waals surface area (Å²) in [4.78, 5) is 34.1. The number of carbonyl (C=O) groups is 1. The van der Waals surface area contributed by atoms with Crippen molar-refractivity contribution in [2.45, 2.75) is 37.9 Å². The van der Waals surface area contributed by atoms with E-state index in [1.807, 2.05) is 23.1 Å². The Morgan fingerprint density at radius 1 is 0.947 bits per heavy atom. The number of anilines is 4. The zero-order chi connectivity index (χ0) is 26.1. The lowest BCUT2D eigenvalue weighted by Gasteiger charge is -2.32. The molecule has 3 aromatic heterocycles. The van der Waals surface area contributed by atoms with Gasteiger partial charge in [0.05, 0.1) is 35.8 Å². The summed E-state index contributed by atoms with van der Waals surface area (Å²) in [7, 11) is 0. The first-order valence-electron chi connectivity index (χ1n) is 13.3. The number of amides is 1. The second-order valence-corrected chi connectivity index (χ2v) is 11.1. The summed E-state index contributed by atoms with van der Waals surface area (Å²) >= 11 is 1.55. The number of carbonyl (C=O) groups excluding carboxylic acids is 1. The third-order valence-electron chi connectivity index (χ3n) is 7.33. The highest BCUT2D eigenvalue weighted by Gasteiger charge is 2.25. The molecule has 202 valence electrons. The van der Waals surface area contributed by atoms with E-state index in [2.05, 4.69) is 20.1 Å². The van der Waals surface area contributed by atoms with Crippen LogP contribution >= 0.6 is 11.3 Å². The van der Waals surface area contributed by atoms with Crippen molar-refractivity contribution >= 4 is 50.0 Å². The Labute approximate surface area is 225 Å². The number of rotatable bonds is 5. The molecule has 3 saturated heterocycles. The van der Waals surface area contributed by atoms with Crippen LogP contribution in [0.1, 0.15) is 36.2 Å². The van der Waals surface area contributed by atoms with Gasteiger partial charge in [-0.1, -0.05) is 17.4 Å². The van der Waals surface area contributed by atoms with Crippen molar-refractivity contribution in [1.29, 1.82) is 0 Å². The van der Waals surface area contributed by atoms with Crippen molar-refractivity contribution in [1.82, 2.24) is 15.0 Å². The molecule has 3 N–H and O–H groups in total. The lowest BCUT2D eigenvalue weighted by Crippen LogP contribution is -2.39. The average Bonchev–Trinajstić information content (AvgIpc) is 3.37. The van der Waals surface area contributed by atoms with Gasteiger partial charge in [0.2, 0.25) is 0 Å². The molecule has 0 spiro atoms. The molecule has 3 aliphatic rings. The Hall–Kier alpha value is -3.06. The molecule has 0 aliphatic carbocycles. The smallest absolute Gasteiger partial charge is 0.274 e. The first-order valence-corrected chi connectivity index (χ1v) is 14.1. The van der Waals surface area contributed by atoms with E-state index in [4.69, 9.17) is 14.7 Å². The van der Waals surface area contributed by atoms with Gasteiger partial charge in [-0.3, -0.25) is 4.79 Å². The van der Waals surface area contributed by atoms with Gasteiger partial charge in [0, 0.05) is 39.3 Å². The van der Waals surface area contributed by atoms with Crippen LogP contribution in [-0.2, 0) is 4.74 Å². The Morgan fingerprint density at radius 3 is 2.55 bits per heavy atom. The molecule has 3 fully saturated rings. The number of pyridine rings is 2. The van der Waals surface area contributed by atoms with Gasteiger partial charge in [0.25, 0.3) is 5.91 Å². The SMILES string of the molecule is O=C(Nc1cc2sc(N3CCOCC3)nc2nc1N1CCCC(O)C1)c1cccc(N2CCC(O)CC2)n1. The second-order valence-electron chi connectivity index (χ2n) is 10.1. The van der Waals surface area contributed by atoms with E-state index < -0.39 is 6.10 Å². The van der Waals surface area contributed by atoms with Crippen LogP contribution in [0.3, 0.4) is 0 Å². The zero-order valence-electron chi connectivity index (χ0n) is 21.3. The van der Waals surface area contributed by atoms with Crippen molar-refractivity contribution in [2.75, 3.05) is 72.5 Å². The molecule has 0 saturated carbocycles. The van der Waals surface area contributed by atoms with Gasteiger partial charge < -0.3 is 35.0 Å². The normalized spacial score (nSPS) is 21.2. The largest absolute Gasteiger partial charge is 0.393 e. The van der Waals surface area contributed by atoms with Crippen LogP contribution in [-0.4, -0.2) is 95.8 Å². The van der Waals surface area contributed by atoms with Crippen LogP contribution in [0.2, 0.25) is 0 Å². The molecule has 1 unspecified atom stereocenters. The molecule has 38 heavy (non-hydrogen) atoms.